The fourth-order valence-electron chi connectivity index (χ4n) is 2.97. The summed E-state index contributed by atoms with van der Waals surface area (Å²) in [5.41, 5.74) is 2.08. The van der Waals surface area contributed by atoms with E-state index in [0.29, 0.717) is 0 Å². The third-order valence-electron chi connectivity index (χ3n) is 3.86. The van der Waals surface area contributed by atoms with Crippen LogP contribution in [0.4, 0.5) is 5.69 Å². The molecule has 1 N–H and O–H groups in total. The van der Waals surface area contributed by atoms with Crippen LogP contribution in [0, 0.1) is 0 Å². The predicted molar refractivity (Wildman–Crippen MR) is 94.0 cm³/mol. The Hall–Kier alpha value is -1.69. The first kappa shape index (κ1) is 16.2. The minimum absolute atomic E-state index is 0.0522. The number of carbonyl (C=O) groups excluding carboxylic acids is 1. The van der Waals surface area contributed by atoms with E-state index in [1.807, 2.05) is 29.6 Å². The Morgan fingerprint density at radius 1 is 1.22 bits per heavy atom. The van der Waals surface area contributed by atoms with Gasteiger partial charge in [-0.25, -0.2) is 0 Å². The molecule has 1 aliphatic heterocycles. The molecule has 1 fully saturated rings. The van der Waals surface area contributed by atoms with Gasteiger partial charge in [-0.15, -0.1) is 11.3 Å². The van der Waals surface area contributed by atoms with Crippen molar-refractivity contribution < 1.29 is 9.53 Å². The van der Waals surface area contributed by atoms with Gasteiger partial charge >= 0.3 is 0 Å². The monoisotopic (exact) mass is 330 g/mol. The van der Waals surface area contributed by atoms with Crippen LogP contribution in [-0.2, 0) is 11.3 Å². The van der Waals surface area contributed by atoms with E-state index in [0.717, 1.165) is 30.2 Å². The fraction of sp³-hybridized carbons (Fsp3) is 0.389. The summed E-state index contributed by atoms with van der Waals surface area (Å²) in [6, 6.07) is 11.8. The van der Waals surface area contributed by atoms with Crippen molar-refractivity contribution >= 4 is 22.9 Å². The zero-order valence-electron chi connectivity index (χ0n) is 13.5. The molecule has 0 bridgehead atoms. The number of rotatable bonds is 4. The van der Waals surface area contributed by atoms with Crippen LogP contribution in [0.3, 0.4) is 0 Å². The lowest BCUT2D eigenvalue weighted by Crippen LogP contribution is -2.44. The second kappa shape index (κ2) is 7.25. The smallest absolute Gasteiger partial charge is 0.265 e. The van der Waals surface area contributed by atoms with Gasteiger partial charge in [0.25, 0.3) is 5.91 Å². The lowest BCUT2D eigenvalue weighted by molar-refractivity contribution is -0.0704. The molecule has 0 spiro atoms. The summed E-state index contributed by atoms with van der Waals surface area (Å²) in [6.45, 7) is 7.07. The van der Waals surface area contributed by atoms with Crippen molar-refractivity contribution in [1.29, 1.82) is 0 Å². The molecule has 2 heterocycles. The maximum Gasteiger partial charge on any atom is 0.265 e. The summed E-state index contributed by atoms with van der Waals surface area (Å²) in [5.74, 6) is -0.0522. The molecule has 0 saturated carbocycles. The standard InChI is InChI=1S/C18H22N2O2S/c1-13-10-20(11-14(2)22-13)12-15-5-7-16(8-6-15)19-18(21)17-4-3-9-23-17/h3-9,13-14H,10-12H2,1-2H3,(H,19,21). The molecule has 3 rings (SSSR count). The number of morpholine rings is 1. The van der Waals surface area contributed by atoms with E-state index in [-0.39, 0.29) is 18.1 Å². The molecule has 1 aromatic heterocycles. The second-order valence-electron chi connectivity index (χ2n) is 6.08. The number of nitrogens with zero attached hydrogens (tertiary/aromatic N) is 1. The van der Waals surface area contributed by atoms with Crippen LogP contribution >= 0.6 is 11.3 Å². The Labute approximate surface area is 141 Å². The number of ether oxygens (including phenoxy) is 1. The molecule has 4 nitrogen and oxygen atoms in total. The van der Waals surface area contributed by atoms with Crippen LogP contribution < -0.4 is 5.32 Å². The zero-order valence-corrected chi connectivity index (χ0v) is 14.3. The fourth-order valence-corrected chi connectivity index (χ4v) is 3.58. The van der Waals surface area contributed by atoms with Crippen LogP contribution in [0.1, 0.15) is 29.1 Å². The Morgan fingerprint density at radius 2 is 1.91 bits per heavy atom. The van der Waals surface area contributed by atoms with Gasteiger partial charge in [0.2, 0.25) is 0 Å². The largest absolute Gasteiger partial charge is 0.373 e. The molecule has 2 unspecified atom stereocenters. The molecular formula is C18H22N2O2S. The molecule has 0 radical (unpaired) electrons. The Bertz CT molecular complexity index is 630. The highest BCUT2D eigenvalue weighted by atomic mass is 32.1. The van der Waals surface area contributed by atoms with Crippen LogP contribution in [0.2, 0.25) is 0 Å². The van der Waals surface area contributed by atoms with Gasteiger partial charge in [-0.2, -0.15) is 0 Å². The van der Waals surface area contributed by atoms with Gasteiger partial charge in [-0.1, -0.05) is 18.2 Å². The lowest BCUT2D eigenvalue weighted by atomic mass is 10.1. The van der Waals surface area contributed by atoms with E-state index < -0.39 is 0 Å². The number of nitrogens with one attached hydrogen (secondary N) is 1. The van der Waals surface area contributed by atoms with Gasteiger partial charge in [0.05, 0.1) is 17.1 Å². The summed E-state index contributed by atoms with van der Waals surface area (Å²) >= 11 is 1.45. The van der Waals surface area contributed by atoms with Crippen molar-refractivity contribution in [3.8, 4) is 0 Å². The van der Waals surface area contributed by atoms with Crippen molar-refractivity contribution in [3.05, 3.63) is 52.2 Å². The molecular weight excluding hydrogens is 308 g/mol. The Balaban J connectivity index is 1.58. The normalized spacial score (nSPS) is 22.0. The first-order chi connectivity index (χ1) is 11.1. The quantitative estimate of drug-likeness (QED) is 0.931. The predicted octanol–water partition coefficient (Wildman–Crippen LogP) is 3.61. The van der Waals surface area contributed by atoms with Crippen molar-refractivity contribution in [3.63, 3.8) is 0 Å². The highest BCUT2D eigenvalue weighted by molar-refractivity contribution is 7.12. The summed E-state index contributed by atoms with van der Waals surface area (Å²) in [7, 11) is 0. The average molecular weight is 330 g/mol. The molecule has 1 aliphatic rings. The van der Waals surface area contributed by atoms with Crippen molar-refractivity contribution in [2.45, 2.75) is 32.6 Å². The number of carbonyl (C=O) groups is 1. The second-order valence-corrected chi connectivity index (χ2v) is 7.03. The van der Waals surface area contributed by atoms with Crippen molar-refractivity contribution in [1.82, 2.24) is 4.90 Å². The van der Waals surface area contributed by atoms with Gasteiger partial charge in [0, 0.05) is 25.3 Å². The maximum atomic E-state index is 12.0. The van der Waals surface area contributed by atoms with Crippen LogP contribution in [0.5, 0.6) is 0 Å². The molecule has 122 valence electrons. The highest BCUT2D eigenvalue weighted by Crippen LogP contribution is 2.17. The van der Waals surface area contributed by atoms with E-state index in [4.69, 9.17) is 4.74 Å². The van der Waals surface area contributed by atoms with E-state index in [2.05, 4.69) is 36.2 Å². The van der Waals surface area contributed by atoms with Gasteiger partial charge < -0.3 is 10.1 Å². The topological polar surface area (TPSA) is 41.6 Å². The average Bonchev–Trinajstić information content (AvgIpc) is 3.02. The zero-order chi connectivity index (χ0) is 16.2. The van der Waals surface area contributed by atoms with Crippen molar-refractivity contribution in [2.24, 2.45) is 0 Å². The van der Waals surface area contributed by atoms with E-state index in [1.54, 1.807) is 0 Å². The number of anilines is 1. The number of hydrogen-bond acceptors (Lipinski definition) is 4. The summed E-state index contributed by atoms with van der Waals surface area (Å²) in [6.07, 6.45) is 0.561. The molecule has 2 atom stereocenters. The van der Waals surface area contributed by atoms with Gasteiger partial charge in [0.15, 0.2) is 0 Å². The molecule has 1 aromatic carbocycles. The number of hydrogen-bond donors (Lipinski definition) is 1. The molecule has 1 amide bonds. The molecule has 1 saturated heterocycles. The first-order valence-corrected chi connectivity index (χ1v) is 8.80. The van der Waals surface area contributed by atoms with Gasteiger partial charge in [-0.3, -0.25) is 9.69 Å². The molecule has 2 aromatic rings. The maximum absolute atomic E-state index is 12.0. The number of thiophene rings is 1. The van der Waals surface area contributed by atoms with Gasteiger partial charge in [-0.05, 0) is 43.0 Å². The minimum atomic E-state index is -0.0522. The van der Waals surface area contributed by atoms with Crippen LogP contribution in [-0.4, -0.2) is 36.1 Å². The molecule has 5 heteroatoms. The Morgan fingerprint density at radius 3 is 2.52 bits per heavy atom. The SMILES string of the molecule is CC1CN(Cc2ccc(NC(=O)c3cccs3)cc2)CC(C)O1. The molecule has 0 aliphatic carbocycles. The van der Waals surface area contributed by atoms with E-state index >= 15 is 0 Å². The molecule has 23 heavy (non-hydrogen) atoms. The lowest BCUT2D eigenvalue weighted by Gasteiger charge is -2.35. The summed E-state index contributed by atoms with van der Waals surface area (Å²) < 4.78 is 5.76. The van der Waals surface area contributed by atoms with Crippen LogP contribution in [0.25, 0.3) is 0 Å². The minimum Gasteiger partial charge on any atom is -0.373 e. The van der Waals surface area contributed by atoms with Crippen LogP contribution in [0.15, 0.2) is 41.8 Å². The third kappa shape index (κ3) is 4.41. The number of benzene rings is 1. The van der Waals surface area contributed by atoms with Crippen molar-refractivity contribution in [2.75, 3.05) is 18.4 Å². The van der Waals surface area contributed by atoms with E-state index in [9.17, 15) is 4.79 Å². The summed E-state index contributed by atoms with van der Waals surface area (Å²) in [5, 5.41) is 4.83. The third-order valence-corrected chi connectivity index (χ3v) is 4.73. The summed E-state index contributed by atoms with van der Waals surface area (Å²) in [4.78, 5) is 15.2. The number of amides is 1. The first-order valence-electron chi connectivity index (χ1n) is 7.92. The van der Waals surface area contributed by atoms with Gasteiger partial charge in [0.1, 0.15) is 0 Å². The Kier molecular flexibility index (Phi) is 5.10. The highest BCUT2D eigenvalue weighted by Gasteiger charge is 2.21. The van der Waals surface area contributed by atoms with E-state index in [1.165, 1.54) is 16.9 Å².